The molecular formula is C19H17F4N5O3. The zero-order valence-electron chi connectivity index (χ0n) is 16.0. The second kappa shape index (κ2) is 8.10. The van der Waals surface area contributed by atoms with Gasteiger partial charge in [0.15, 0.2) is 0 Å². The monoisotopic (exact) mass is 439 g/mol. The Balaban J connectivity index is 1.25. The molecule has 31 heavy (non-hydrogen) atoms. The molecule has 0 atom stereocenters. The maximum absolute atomic E-state index is 13.2. The standard InChI is InChI=1S/C19H17F4N5O3/c1-10(17-26-27-18(30-17)11-6-13(7-11)31-19(21,22)23)4-5-24-16(29)14-9-28-8-12(20)2-3-15(28)25-14/h2-3,8-9,11,13H,1,4-7H2,(H,24,29)/t11-,13+. The molecule has 1 saturated carbocycles. The van der Waals surface area contributed by atoms with Gasteiger partial charge in [0.2, 0.25) is 11.8 Å². The summed E-state index contributed by atoms with van der Waals surface area (Å²) in [4.78, 5) is 16.4. The Kier molecular flexibility index (Phi) is 5.48. The van der Waals surface area contributed by atoms with Crippen LogP contribution in [0.4, 0.5) is 17.6 Å². The van der Waals surface area contributed by atoms with Crippen molar-refractivity contribution in [3.05, 3.63) is 54.4 Å². The van der Waals surface area contributed by atoms with Gasteiger partial charge in [-0.1, -0.05) is 6.58 Å². The van der Waals surface area contributed by atoms with Crippen LogP contribution in [0.1, 0.15) is 47.5 Å². The van der Waals surface area contributed by atoms with Crippen molar-refractivity contribution in [2.45, 2.75) is 37.6 Å². The number of nitrogens with zero attached hydrogens (tertiary/aromatic N) is 4. The molecule has 1 fully saturated rings. The fourth-order valence-corrected chi connectivity index (χ4v) is 3.19. The molecular weight excluding hydrogens is 422 g/mol. The minimum atomic E-state index is -4.66. The third-order valence-electron chi connectivity index (χ3n) is 4.85. The normalized spacial score (nSPS) is 18.7. The lowest BCUT2D eigenvalue weighted by Crippen LogP contribution is -2.34. The number of aromatic nitrogens is 4. The first-order chi connectivity index (χ1) is 14.7. The van der Waals surface area contributed by atoms with E-state index in [4.69, 9.17) is 4.42 Å². The van der Waals surface area contributed by atoms with Crippen LogP contribution >= 0.6 is 0 Å². The topological polar surface area (TPSA) is 94.6 Å². The van der Waals surface area contributed by atoms with Gasteiger partial charge in [-0.2, -0.15) is 0 Å². The smallest absolute Gasteiger partial charge is 0.421 e. The molecule has 0 unspecified atom stereocenters. The number of carbonyl (C=O) groups is 1. The van der Waals surface area contributed by atoms with Gasteiger partial charge in [0, 0.05) is 30.4 Å². The Labute approximate surface area is 172 Å². The summed E-state index contributed by atoms with van der Waals surface area (Å²) in [5.74, 6) is -0.779. The first-order valence-electron chi connectivity index (χ1n) is 9.36. The van der Waals surface area contributed by atoms with E-state index in [1.54, 1.807) is 0 Å². The molecule has 0 aliphatic heterocycles. The largest absolute Gasteiger partial charge is 0.522 e. The van der Waals surface area contributed by atoms with Gasteiger partial charge in [-0.3, -0.25) is 9.53 Å². The van der Waals surface area contributed by atoms with Crippen LogP contribution in [0.5, 0.6) is 0 Å². The molecule has 1 aliphatic carbocycles. The molecule has 3 heterocycles. The van der Waals surface area contributed by atoms with Crippen LogP contribution in [0.3, 0.4) is 0 Å². The minimum Gasteiger partial charge on any atom is -0.421 e. The van der Waals surface area contributed by atoms with Gasteiger partial charge in [-0.25, -0.2) is 9.37 Å². The van der Waals surface area contributed by atoms with Gasteiger partial charge in [-0.15, -0.1) is 23.4 Å². The van der Waals surface area contributed by atoms with Crippen molar-refractivity contribution in [2.75, 3.05) is 6.54 Å². The SMILES string of the molecule is C=C(CCNC(=O)c1cn2cc(F)ccc2n1)c1nnc([C@H]2C[C@@H](OC(F)(F)F)C2)o1. The number of pyridine rings is 1. The summed E-state index contributed by atoms with van der Waals surface area (Å²) in [6.45, 7) is 4.05. The van der Waals surface area contributed by atoms with Crippen molar-refractivity contribution < 1.29 is 31.5 Å². The predicted molar refractivity (Wildman–Crippen MR) is 98.3 cm³/mol. The maximum Gasteiger partial charge on any atom is 0.522 e. The number of ether oxygens (including phenoxy) is 1. The molecule has 12 heteroatoms. The number of nitrogens with one attached hydrogen (secondary N) is 1. The van der Waals surface area contributed by atoms with Gasteiger partial charge in [0.25, 0.3) is 5.91 Å². The Bertz CT molecular complexity index is 1120. The molecule has 1 amide bonds. The van der Waals surface area contributed by atoms with Crippen LogP contribution in [0.15, 0.2) is 35.5 Å². The molecule has 8 nitrogen and oxygen atoms in total. The highest BCUT2D eigenvalue weighted by Crippen LogP contribution is 2.41. The molecule has 164 valence electrons. The Morgan fingerprint density at radius 3 is 2.81 bits per heavy atom. The quantitative estimate of drug-likeness (QED) is 0.567. The summed E-state index contributed by atoms with van der Waals surface area (Å²) in [7, 11) is 0. The first-order valence-corrected chi connectivity index (χ1v) is 9.36. The average Bonchev–Trinajstić information content (AvgIpc) is 3.30. The number of amides is 1. The van der Waals surface area contributed by atoms with Crippen molar-refractivity contribution >= 4 is 17.1 Å². The number of carbonyl (C=O) groups excluding carboxylic acids is 1. The molecule has 1 aliphatic rings. The molecule has 3 aromatic rings. The van der Waals surface area contributed by atoms with Crippen LogP contribution in [-0.4, -0.2) is 44.5 Å². The molecule has 0 bridgehead atoms. The third kappa shape index (κ3) is 4.90. The molecule has 1 N–H and O–H groups in total. The van der Waals surface area contributed by atoms with Gasteiger partial charge in [-0.05, 0) is 31.4 Å². The number of alkyl halides is 3. The zero-order valence-corrected chi connectivity index (χ0v) is 16.0. The number of halogens is 4. The highest BCUT2D eigenvalue weighted by molar-refractivity contribution is 5.92. The summed E-state index contributed by atoms with van der Waals surface area (Å²) >= 11 is 0. The van der Waals surface area contributed by atoms with E-state index in [0.29, 0.717) is 17.6 Å². The molecule has 0 spiro atoms. The zero-order chi connectivity index (χ0) is 22.2. The van der Waals surface area contributed by atoms with Crippen LogP contribution in [0.2, 0.25) is 0 Å². The van der Waals surface area contributed by atoms with E-state index in [0.717, 1.165) is 0 Å². The predicted octanol–water partition coefficient (Wildman–Crippen LogP) is 3.47. The average molecular weight is 439 g/mol. The van der Waals surface area contributed by atoms with E-state index in [1.807, 2.05) is 0 Å². The van der Waals surface area contributed by atoms with Crippen LogP contribution in [0.25, 0.3) is 11.2 Å². The summed E-state index contributed by atoms with van der Waals surface area (Å²) in [6.07, 6.45) is -2.34. The van der Waals surface area contributed by atoms with Crippen molar-refractivity contribution in [1.29, 1.82) is 0 Å². The second-order valence-corrected chi connectivity index (χ2v) is 7.15. The first kappa shape index (κ1) is 21.0. The highest BCUT2D eigenvalue weighted by Gasteiger charge is 2.42. The second-order valence-electron chi connectivity index (χ2n) is 7.15. The Morgan fingerprint density at radius 1 is 1.29 bits per heavy atom. The van der Waals surface area contributed by atoms with Crippen LogP contribution in [0, 0.1) is 5.82 Å². The number of fused-ring (bicyclic) bond motifs is 1. The lowest BCUT2D eigenvalue weighted by molar-refractivity contribution is -0.352. The highest BCUT2D eigenvalue weighted by atomic mass is 19.4. The summed E-state index contributed by atoms with van der Waals surface area (Å²) in [6, 6.07) is 2.71. The number of hydrogen-bond donors (Lipinski definition) is 1. The molecule has 0 radical (unpaired) electrons. The van der Waals surface area contributed by atoms with E-state index in [2.05, 4.69) is 31.8 Å². The lowest BCUT2D eigenvalue weighted by atomic mass is 9.82. The van der Waals surface area contributed by atoms with Crippen LogP contribution in [-0.2, 0) is 4.74 Å². The Hall–Kier alpha value is -3.28. The lowest BCUT2D eigenvalue weighted by Gasteiger charge is -2.32. The van der Waals surface area contributed by atoms with E-state index < -0.39 is 24.2 Å². The van der Waals surface area contributed by atoms with Gasteiger partial charge >= 0.3 is 6.36 Å². The minimum absolute atomic E-state index is 0.136. The fraction of sp³-hybridized carbons (Fsp3) is 0.368. The maximum atomic E-state index is 13.2. The van der Waals surface area contributed by atoms with Crippen molar-refractivity contribution in [1.82, 2.24) is 24.9 Å². The fourth-order valence-electron chi connectivity index (χ4n) is 3.19. The van der Waals surface area contributed by atoms with Crippen molar-refractivity contribution in [2.24, 2.45) is 0 Å². The van der Waals surface area contributed by atoms with Crippen molar-refractivity contribution in [3.63, 3.8) is 0 Å². The number of imidazole rings is 1. The molecule has 0 aromatic carbocycles. The van der Waals surface area contributed by atoms with Gasteiger partial charge in [0.05, 0.1) is 6.10 Å². The molecule has 3 aromatic heterocycles. The molecule has 4 rings (SSSR count). The van der Waals surface area contributed by atoms with Gasteiger partial charge < -0.3 is 14.1 Å². The van der Waals surface area contributed by atoms with Gasteiger partial charge in [0.1, 0.15) is 17.2 Å². The molecule has 0 saturated heterocycles. The van der Waals surface area contributed by atoms with E-state index in [1.165, 1.54) is 28.9 Å². The summed E-state index contributed by atoms with van der Waals surface area (Å²) < 4.78 is 60.6. The van der Waals surface area contributed by atoms with E-state index in [9.17, 15) is 22.4 Å². The summed E-state index contributed by atoms with van der Waals surface area (Å²) in [5.41, 5.74) is 1.05. The number of rotatable bonds is 7. The summed E-state index contributed by atoms with van der Waals surface area (Å²) in [5, 5.41) is 10.4. The Morgan fingerprint density at radius 2 is 2.06 bits per heavy atom. The third-order valence-corrected chi connectivity index (χ3v) is 4.85. The number of hydrogen-bond acceptors (Lipinski definition) is 6. The van der Waals surface area contributed by atoms with E-state index >= 15 is 0 Å². The van der Waals surface area contributed by atoms with E-state index in [-0.39, 0.29) is 42.8 Å². The van der Waals surface area contributed by atoms with Crippen molar-refractivity contribution in [3.8, 4) is 0 Å². The van der Waals surface area contributed by atoms with Crippen LogP contribution < -0.4 is 5.32 Å².